The van der Waals surface area contributed by atoms with Gasteiger partial charge in [0.25, 0.3) is 0 Å². The lowest BCUT2D eigenvalue weighted by Crippen LogP contribution is -2.29. The minimum absolute atomic E-state index is 0.250. The van der Waals surface area contributed by atoms with Crippen molar-refractivity contribution in [3.8, 4) is 12.3 Å². The number of hydrogen-bond acceptors (Lipinski definition) is 2. The molecule has 0 rings (SSSR count). The van der Waals surface area contributed by atoms with Gasteiger partial charge in [-0.05, 0) is 25.9 Å². The molecule has 0 unspecified atom stereocenters. The van der Waals surface area contributed by atoms with Crippen molar-refractivity contribution in [2.24, 2.45) is 0 Å². The molecule has 0 bridgehead atoms. The third kappa shape index (κ3) is 7.83. The zero-order valence-corrected chi connectivity index (χ0v) is 8.63. The highest BCUT2D eigenvalue weighted by atomic mass is 16.3. The quantitative estimate of drug-likeness (QED) is 0.455. The molecular weight excluding hydrogens is 162 g/mol. The van der Waals surface area contributed by atoms with Crippen LogP contribution in [-0.4, -0.2) is 36.2 Å². The molecule has 0 saturated carbocycles. The highest BCUT2D eigenvalue weighted by Gasteiger charge is 2.01. The maximum Gasteiger partial charge on any atom is 0.0558 e. The van der Waals surface area contributed by atoms with Crippen LogP contribution in [0.3, 0.4) is 0 Å². The van der Waals surface area contributed by atoms with Crippen LogP contribution in [0, 0.1) is 12.3 Å². The Kier molecular flexibility index (Phi) is 9.18. The molecule has 0 heterocycles. The van der Waals surface area contributed by atoms with E-state index in [4.69, 9.17) is 11.5 Å². The van der Waals surface area contributed by atoms with Gasteiger partial charge >= 0.3 is 0 Å². The summed E-state index contributed by atoms with van der Waals surface area (Å²) in [7, 11) is 0. The van der Waals surface area contributed by atoms with Gasteiger partial charge in [0.1, 0.15) is 0 Å². The number of aliphatic hydroxyl groups excluding tert-OH is 1. The minimum atomic E-state index is 0.250. The number of rotatable bonds is 8. The van der Waals surface area contributed by atoms with E-state index in [1.165, 1.54) is 12.8 Å². The van der Waals surface area contributed by atoms with Crippen LogP contribution < -0.4 is 0 Å². The van der Waals surface area contributed by atoms with Gasteiger partial charge in [0, 0.05) is 13.0 Å². The van der Waals surface area contributed by atoms with Gasteiger partial charge in [-0.15, -0.1) is 12.3 Å². The number of nitrogens with zero attached hydrogens (tertiary/aromatic N) is 1. The zero-order valence-electron chi connectivity index (χ0n) is 8.63. The maximum atomic E-state index is 8.81. The third-order valence-electron chi connectivity index (χ3n) is 2.04. The van der Waals surface area contributed by atoms with Crippen LogP contribution >= 0.6 is 0 Å². The first-order chi connectivity index (χ1) is 6.35. The smallest absolute Gasteiger partial charge is 0.0558 e. The van der Waals surface area contributed by atoms with Gasteiger partial charge in [0.05, 0.1) is 6.61 Å². The van der Waals surface area contributed by atoms with Crippen molar-refractivity contribution in [1.82, 2.24) is 4.90 Å². The lowest BCUT2D eigenvalue weighted by Gasteiger charge is -2.20. The molecule has 13 heavy (non-hydrogen) atoms. The molecule has 0 aliphatic heterocycles. The number of terminal acetylenes is 1. The van der Waals surface area contributed by atoms with Crippen molar-refractivity contribution in [3.05, 3.63) is 0 Å². The SMILES string of the molecule is C#CCCCN(CCO)CCCC. The van der Waals surface area contributed by atoms with Gasteiger partial charge in [-0.25, -0.2) is 0 Å². The molecule has 76 valence electrons. The monoisotopic (exact) mass is 183 g/mol. The average Bonchev–Trinajstić information content (AvgIpc) is 2.14. The normalized spacial score (nSPS) is 10.3. The Morgan fingerprint density at radius 3 is 2.46 bits per heavy atom. The summed E-state index contributed by atoms with van der Waals surface area (Å²) in [5.74, 6) is 2.63. The van der Waals surface area contributed by atoms with Crippen LogP contribution in [0.5, 0.6) is 0 Å². The second-order valence-corrected chi connectivity index (χ2v) is 3.23. The third-order valence-corrected chi connectivity index (χ3v) is 2.04. The topological polar surface area (TPSA) is 23.5 Å². The second-order valence-electron chi connectivity index (χ2n) is 3.23. The largest absolute Gasteiger partial charge is 0.395 e. The molecule has 0 aromatic heterocycles. The number of unbranched alkanes of at least 4 members (excludes halogenated alkanes) is 2. The van der Waals surface area contributed by atoms with Crippen LogP contribution in [0.25, 0.3) is 0 Å². The zero-order chi connectivity index (χ0) is 9.94. The first-order valence-corrected chi connectivity index (χ1v) is 5.11. The van der Waals surface area contributed by atoms with Crippen molar-refractivity contribution in [2.75, 3.05) is 26.2 Å². The summed E-state index contributed by atoms with van der Waals surface area (Å²) in [4.78, 5) is 2.28. The molecule has 2 heteroatoms. The Balaban J connectivity index is 3.48. The lowest BCUT2D eigenvalue weighted by atomic mass is 10.2. The Bertz CT molecular complexity index is 140. The summed E-state index contributed by atoms with van der Waals surface area (Å²) in [6.45, 7) is 5.31. The van der Waals surface area contributed by atoms with E-state index in [-0.39, 0.29) is 6.61 Å². The van der Waals surface area contributed by atoms with E-state index in [2.05, 4.69) is 17.7 Å². The average molecular weight is 183 g/mol. The molecule has 2 nitrogen and oxygen atoms in total. The van der Waals surface area contributed by atoms with E-state index in [1.54, 1.807) is 0 Å². The summed E-state index contributed by atoms with van der Waals surface area (Å²) >= 11 is 0. The van der Waals surface area contributed by atoms with E-state index < -0.39 is 0 Å². The Morgan fingerprint density at radius 1 is 1.23 bits per heavy atom. The molecule has 0 aromatic carbocycles. The summed E-state index contributed by atoms with van der Waals surface area (Å²) < 4.78 is 0. The van der Waals surface area contributed by atoms with Gasteiger partial charge in [-0.2, -0.15) is 0 Å². The van der Waals surface area contributed by atoms with E-state index in [0.717, 1.165) is 32.5 Å². The van der Waals surface area contributed by atoms with Crippen LogP contribution in [0.4, 0.5) is 0 Å². The standard InChI is InChI=1S/C11H21NO/c1-3-5-7-9-12(10-11-13)8-6-4-2/h1,13H,4-11H2,2H3. The van der Waals surface area contributed by atoms with Crippen molar-refractivity contribution in [3.63, 3.8) is 0 Å². The summed E-state index contributed by atoms with van der Waals surface area (Å²) in [5.41, 5.74) is 0. The highest BCUT2D eigenvalue weighted by molar-refractivity contribution is 4.83. The maximum absolute atomic E-state index is 8.81. The first kappa shape index (κ1) is 12.5. The fourth-order valence-electron chi connectivity index (χ4n) is 1.26. The highest BCUT2D eigenvalue weighted by Crippen LogP contribution is 1.98. The molecule has 0 radical (unpaired) electrons. The molecule has 0 aliphatic rings. The van der Waals surface area contributed by atoms with Crippen LogP contribution in [0.15, 0.2) is 0 Å². The Morgan fingerprint density at radius 2 is 1.92 bits per heavy atom. The molecule has 0 aliphatic carbocycles. The van der Waals surface area contributed by atoms with Crippen molar-refractivity contribution in [2.45, 2.75) is 32.6 Å². The predicted molar refractivity (Wildman–Crippen MR) is 56.5 cm³/mol. The summed E-state index contributed by atoms with van der Waals surface area (Å²) in [5, 5.41) is 8.81. The fourth-order valence-corrected chi connectivity index (χ4v) is 1.26. The first-order valence-electron chi connectivity index (χ1n) is 5.11. The van der Waals surface area contributed by atoms with E-state index in [0.29, 0.717) is 0 Å². The van der Waals surface area contributed by atoms with Gasteiger partial charge in [-0.1, -0.05) is 13.3 Å². The molecule has 0 saturated heterocycles. The summed E-state index contributed by atoms with van der Waals surface area (Å²) in [6, 6.07) is 0. The molecule has 0 fully saturated rings. The van der Waals surface area contributed by atoms with Crippen LogP contribution in [-0.2, 0) is 0 Å². The summed E-state index contributed by atoms with van der Waals surface area (Å²) in [6.07, 6.45) is 9.46. The molecule has 0 atom stereocenters. The van der Waals surface area contributed by atoms with Crippen molar-refractivity contribution < 1.29 is 5.11 Å². The molecule has 1 N–H and O–H groups in total. The number of aliphatic hydroxyl groups is 1. The second kappa shape index (κ2) is 9.57. The van der Waals surface area contributed by atoms with Gasteiger partial charge in [0.2, 0.25) is 0 Å². The van der Waals surface area contributed by atoms with Crippen molar-refractivity contribution in [1.29, 1.82) is 0 Å². The van der Waals surface area contributed by atoms with Crippen LogP contribution in [0.1, 0.15) is 32.6 Å². The van der Waals surface area contributed by atoms with Crippen LogP contribution in [0.2, 0.25) is 0 Å². The molecule has 0 aromatic rings. The number of hydrogen-bond donors (Lipinski definition) is 1. The molecular formula is C11H21NO. The van der Waals surface area contributed by atoms with E-state index in [1.807, 2.05) is 0 Å². The van der Waals surface area contributed by atoms with Gasteiger partial charge < -0.3 is 10.0 Å². The van der Waals surface area contributed by atoms with E-state index >= 15 is 0 Å². The van der Waals surface area contributed by atoms with Crippen molar-refractivity contribution >= 4 is 0 Å². The van der Waals surface area contributed by atoms with E-state index in [9.17, 15) is 0 Å². The molecule has 0 amide bonds. The predicted octanol–water partition coefficient (Wildman–Crippen LogP) is 1.49. The van der Waals surface area contributed by atoms with Gasteiger partial charge in [0.15, 0.2) is 0 Å². The Hall–Kier alpha value is -0.520. The van der Waals surface area contributed by atoms with Gasteiger partial charge in [-0.3, -0.25) is 0 Å². The lowest BCUT2D eigenvalue weighted by molar-refractivity contribution is 0.193. The molecule has 0 spiro atoms. The fraction of sp³-hybridized carbons (Fsp3) is 0.818. The minimum Gasteiger partial charge on any atom is -0.395 e. The Labute approximate surface area is 81.9 Å².